The minimum Gasteiger partial charge on any atom is -0.294 e. The van der Waals surface area contributed by atoms with Crippen LogP contribution in [0.1, 0.15) is 28.8 Å². The molecule has 0 N–H and O–H groups in total. The molecule has 0 aromatic heterocycles. The van der Waals surface area contributed by atoms with E-state index in [1.54, 1.807) is 25.1 Å². The number of hydrogen-bond acceptors (Lipinski definition) is 4. The summed E-state index contributed by atoms with van der Waals surface area (Å²) in [5.41, 5.74) is 1.94. The Bertz CT molecular complexity index is 961. The SMILES string of the molecule is CSc1ccc(F)c(C(=O)C2CC2)c1-c1ccc(S(C)(=O)=O)c(C)c1. The highest BCUT2D eigenvalue weighted by molar-refractivity contribution is 7.98. The molecule has 0 saturated heterocycles. The average Bonchev–Trinajstić information content (AvgIpc) is 3.37. The molecule has 0 radical (unpaired) electrons. The summed E-state index contributed by atoms with van der Waals surface area (Å²) in [5, 5.41) is 0. The predicted octanol–water partition coefficient (Wildman–Crippen LogP) is 4.52. The molecule has 25 heavy (non-hydrogen) atoms. The van der Waals surface area contributed by atoms with Gasteiger partial charge in [-0.05, 0) is 55.3 Å². The molecule has 1 saturated carbocycles. The fourth-order valence-corrected chi connectivity index (χ4v) is 4.61. The predicted molar refractivity (Wildman–Crippen MR) is 98.5 cm³/mol. The van der Waals surface area contributed by atoms with Crippen LogP contribution < -0.4 is 0 Å². The Morgan fingerprint density at radius 2 is 1.88 bits per heavy atom. The third kappa shape index (κ3) is 3.51. The van der Waals surface area contributed by atoms with Crippen molar-refractivity contribution in [1.29, 1.82) is 0 Å². The van der Waals surface area contributed by atoms with E-state index in [-0.39, 0.29) is 22.2 Å². The van der Waals surface area contributed by atoms with Crippen molar-refractivity contribution >= 4 is 27.4 Å². The van der Waals surface area contributed by atoms with Crippen LogP contribution in [0.4, 0.5) is 4.39 Å². The average molecular weight is 378 g/mol. The lowest BCUT2D eigenvalue weighted by atomic mass is 9.93. The maximum absolute atomic E-state index is 14.5. The van der Waals surface area contributed by atoms with E-state index in [1.807, 2.05) is 6.26 Å². The Balaban J connectivity index is 2.24. The fourth-order valence-electron chi connectivity index (χ4n) is 3.03. The summed E-state index contributed by atoms with van der Waals surface area (Å²) < 4.78 is 38.2. The van der Waals surface area contributed by atoms with E-state index in [0.29, 0.717) is 16.7 Å². The molecular weight excluding hydrogens is 359 g/mol. The van der Waals surface area contributed by atoms with Gasteiger partial charge >= 0.3 is 0 Å². The van der Waals surface area contributed by atoms with Crippen molar-refractivity contribution < 1.29 is 17.6 Å². The zero-order valence-corrected chi connectivity index (χ0v) is 15.9. The van der Waals surface area contributed by atoms with Gasteiger partial charge in [-0.15, -0.1) is 11.8 Å². The number of carbonyl (C=O) groups is 1. The van der Waals surface area contributed by atoms with Gasteiger partial charge in [0, 0.05) is 22.6 Å². The molecule has 0 unspecified atom stereocenters. The largest absolute Gasteiger partial charge is 0.294 e. The van der Waals surface area contributed by atoms with Gasteiger partial charge in [0.15, 0.2) is 15.6 Å². The van der Waals surface area contributed by atoms with Gasteiger partial charge in [-0.25, -0.2) is 12.8 Å². The van der Waals surface area contributed by atoms with E-state index in [2.05, 4.69) is 0 Å². The first-order valence-electron chi connectivity index (χ1n) is 7.96. The van der Waals surface area contributed by atoms with Crippen molar-refractivity contribution in [2.75, 3.05) is 12.5 Å². The molecule has 132 valence electrons. The molecule has 0 spiro atoms. The number of benzene rings is 2. The molecule has 3 rings (SSSR count). The summed E-state index contributed by atoms with van der Waals surface area (Å²) in [6.45, 7) is 1.71. The van der Waals surface area contributed by atoms with E-state index < -0.39 is 15.7 Å². The van der Waals surface area contributed by atoms with Crippen molar-refractivity contribution in [3.63, 3.8) is 0 Å². The van der Waals surface area contributed by atoms with Gasteiger partial charge in [-0.2, -0.15) is 0 Å². The highest BCUT2D eigenvalue weighted by Crippen LogP contribution is 2.41. The van der Waals surface area contributed by atoms with Gasteiger partial charge in [0.05, 0.1) is 10.5 Å². The van der Waals surface area contributed by atoms with E-state index in [0.717, 1.165) is 24.0 Å². The first-order valence-corrected chi connectivity index (χ1v) is 11.1. The number of hydrogen-bond donors (Lipinski definition) is 0. The molecule has 3 nitrogen and oxygen atoms in total. The summed E-state index contributed by atoms with van der Waals surface area (Å²) >= 11 is 1.44. The minimum atomic E-state index is -3.33. The van der Waals surface area contributed by atoms with Gasteiger partial charge < -0.3 is 0 Å². The summed E-state index contributed by atoms with van der Waals surface area (Å²) in [6, 6.07) is 7.90. The molecule has 0 heterocycles. The molecule has 2 aromatic rings. The number of halogens is 1. The smallest absolute Gasteiger partial charge is 0.175 e. The molecule has 0 aliphatic heterocycles. The first-order chi connectivity index (χ1) is 11.7. The number of rotatable bonds is 5. The van der Waals surface area contributed by atoms with E-state index in [4.69, 9.17) is 0 Å². The van der Waals surface area contributed by atoms with Gasteiger partial charge in [0.1, 0.15) is 5.82 Å². The van der Waals surface area contributed by atoms with Crippen LogP contribution in [-0.2, 0) is 9.84 Å². The van der Waals surface area contributed by atoms with Crippen molar-refractivity contribution in [3.8, 4) is 11.1 Å². The van der Waals surface area contributed by atoms with Gasteiger partial charge in [-0.3, -0.25) is 4.79 Å². The summed E-state index contributed by atoms with van der Waals surface area (Å²) in [7, 11) is -3.33. The zero-order chi connectivity index (χ0) is 18.4. The first kappa shape index (κ1) is 18.1. The topological polar surface area (TPSA) is 51.2 Å². The Morgan fingerprint density at radius 1 is 1.20 bits per heavy atom. The standard InChI is InChI=1S/C19H19FO3S2/c1-11-10-13(6-9-16(11)25(3,22)23)17-15(24-2)8-7-14(20)18(17)19(21)12-4-5-12/h6-10,12H,4-5H2,1-3H3. The molecule has 6 heteroatoms. The van der Waals surface area contributed by atoms with Crippen LogP contribution in [0.5, 0.6) is 0 Å². The quantitative estimate of drug-likeness (QED) is 0.567. The van der Waals surface area contributed by atoms with E-state index >= 15 is 0 Å². The van der Waals surface area contributed by atoms with Crippen LogP contribution in [-0.4, -0.2) is 26.7 Å². The highest BCUT2D eigenvalue weighted by atomic mass is 32.2. The Morgan fingerprint density at radius 3 is 2.40 bits per heavy atom. The van der Waals surface area contributed by atoms with Gasteiger partial charge in [0.2, 0.25) is 0 Å². The number of sulfone groups is 1. The third-order valence-electron chi connectivity index (χ3n) is 4.39. The molecular formula is C19H19FO3S2. The van der Waals surface area contributed by atoms with Crippen molar-refractivity contribution in [1.82, 2.24) is 0 Å². The van der Waals surface area contributed by atoms with E-state index in [9.17, 15) is 17.6 Å². The fraction of sp³-hybridized carbons (Fsp3) is 0.316. The normalized spacial score (nSPS) is 14.6. The number of aryl methyl sites for hydroxylation is 1. The van der Waals surface area contributed by atoms with E-state index in [1.165, 1.54) is 23.9 Å². The van der Waals surface area contributed by atoms with Crippen LogP contribution in [0.25, 0.3) is 11.1 Å². The number of Topliss-reactive ketones (excluding diaryl/α,β-unsaturated/α-hetero) is 1. The second kappa shape index (κ2) is 6.57. The lowest BCUT2D eigenvalue weighted by molar-refractivity contribution is 0.0964. The van der Waals surface area contributed by atoms with Gasteiger partial charge in [0.25, 0.3) is 0 Å². The second-order valence-corrected chi connectivity index (χ2v) is 9.22. The molecule has 0 bridgehead atoms. The van der Waals surface area contributed by atoms with Crippen LogP contribution in [0, 0.1) is 18.7 Å². The molecule has 0 atom stereocenters. The number of thioether (sulfide) groups is 1. The molecule has 2 aromatic carbocycles. The summed E-state index contributed by atoms with van der Waals surface area (Å²) in [4.78, 5) is 13.7. The van der Waals surface area contributed by atoms with Crippen molar-refractivity contribution in [3.05, 3.63) is 47.3 Å². The molecule has 1 fully saturated rings. The number of carbonyl (C=O) groups excluding carboxylic acids is 1. The molecule has 1 aliphatic rings. The maximum atomic E-state index is 14.5. The maximum Gasteiger partial charge on any atom is 0.175 e. The van der Waals surface area contributed by atoms with Crippen molar-refractivity contribution in [2.45, 2.75) is 29.6 Å². The Kier molecular flexibility index (Phi) is 4.77. The number of ketones is 1. The highest BCUT2D eigenvalue weighted by Gasteiger charge is 2.34. The summed E-state index contributed by atoms with van der Waals surface area (Å²) in [5.74, 6) is -0.774. The lowest BCUT2D eigenvalue weighted by Gasteiger charge is -2.15. The Labute approximate surface area is 151 Å². The van der Waals surface area contributed by atoms with Crippen LogP contribution in [0.15, 0.2) is 40.1 Å². The van der Waals surface area contributed by atoms with Crippen LogP contribution in [0.2, 0.25) is 0 Å². The molecule has 1 aliphatic carbocycles. The minimum absolute atomic E-state index is 0.0956. The molecule has 0 amide bonds. The van der Waals surface area contributed by atoms with Crippen LogP contribution in [0.3, 0.4) is 0 Å². The van der Waals surface area contributed by atoms with Gasteiger partial charge in [-0.1, -0.05) is 12.1 Å². The van der Waals surface area contributed by atoms with Crippen molar-refractivity contribution in [2.24, 2.45) is 5.92 Å². The van der Waals surface area contributed by atoms with Crippen LogP contribution >= 0.6 is 11.8 Å². The summed E-state index contributed by atoms with van der Waals surface area (Å²) in [6.07, 6.45) is 4.63. The zero-order valence-electron chi connectivity index (χ0n) is 14.3. The third-order valence-corrected chi connectivity index (χ3v) is 6.43. The lowest BCUT2D eigenvalue weighted by Crippen LogP contribution is -2.08. The monoisotopic (exact) mass is 378 g/mol. The Hall–Kier alpha value is -1.66. The second-order valence-electron chi connectivity index (χ2n) is 6.39.